The minimum Gasteiger partial charge on any atom is -0.395 e. The van der Waals surface area contributed by atoms with Crippen LogP contribution >= 0.6 is 0 Å². The molecule has 1 aromatic carbocycles. The third-order valence-electron chi connectivity index (χ3n) is 1.77. The summed E-state index contributed by atoms with van der Waals surface area (Å²) in [7, 11) is -3.80. The molecule has 0 unspecified atom stereocenters. The Morgan fingerprint density at radius 3 is 2.75 bits per heavy atom. The van der Waals surface area contributed by atoms with Crippen molar-refractivity contribution in [2.75, 3.05) is 13.2 Å². The summed E-state index contributed by atoms with van der Waals surface area (Å²) in [4.78, 5) is -0.209. The summed E-state index contributed by atoms with van der Waals surface area (Å²) in [5.74, 6) is -0.774. The van der Waals surface area contributed by atoms with E-state index in [0.29, 0.717) is 0 Å². The third kappa shape index (κ3) is 2.76. The van der Waals surface area contributed by atoms with Gasteiger partial charge in [-0.1, -0.05) is 0 Å². The second kappa shape index (κ2) is 5.03. The highest BCUT2D eigenvalue weighted by atomic mass is 32.2. The van der Waals surface area contributed by atoms with Crippen LogP contribution in [0.1, 0.15) is 5.56 Å². The van der Waals surface area contributed by atoms with E-state index in [0.717, 1.165) is 18.2 Å². The number of halogens is 1. The number of hydrogen-bond donors (Lipinski definition) is 2. The highest BCUT2D eigenvalue weighted by Crippen LogP contribution is 2.13. The van der Waals surface area contributed by atoms with E-state index in [1.807, 2.05) is 0 Å². The van der Waals surface area contributed by atoms with Gasteiger partial charge in [-0.05, 0) is 18.2 Å². The second-order valence-electron chi connectivity index (χ2n) is 2.87. The van der Waals surface area contributed by atoms with Crippen LogP contribution in [-0.2, 0) is 10.0 Å². The molecule has 0 heterocycles. The maximum atomic E-state index is 12.9. The molecule has 2 N–H and O–H groups in total. The lowest BCUT2D eigenvalue weighted by molar-refractivity contribution is 0.301. The maximum Gasteiger partial charge on any atom is 0.240 e. The summed E-state index contributed by atoms with van der Waals surface area (Å²) in [5, 5.41) is 17.0. The number of nitrogens with zero attached hydrogens (tertiary/aromatic N) is 1. The van der Waals surface area contributed by atoms with Gasteiger partial charge in [-0.2, -0.15) is 5.26 Å². The van der Waals surface area contributed by atoms with Crippen molar-refractivity contribution in [3.05, 3.63) is 29.6 Å². The number of aliphatic hydroxyl groups is 1. The normalized spacial score (nSPS) is 11.1. The SMILES string of the molecule is N#Cc1cc(S(=O)(=O)NCCO)ccc1F. The van der Waals surface area contributed by atoms with Gasteiger partial charge >= 0.3 is 0 Å². The van der Waals surface area contributed by atoms with Crippen LogP contribution in [0.3, 0.4) is 0 Å². The van der Waals surface area contributed by atoms with Crippen molar-refractivity contribution >= 4 is 10.0 Å². The fourth-order valence-electron chi connectivity index (χ4n) is 1.02. The average molecular weight is 244 g/mol. The van der Waals surface area contributed by atoms with Crippen molar-refractivity contribution < 1.29 is 17.9 Å². The lowest BCUT2D eigenvalue weighted by Gasteiger charge is -2.05. The van der Waals surface area contributed by atoms with Crippen LogP contribution in [0.25, 0.3) is 0 Å². The Morgan fingerprint density at radius 1 is 1.50 bits per heavy atom. The Morgan fingerprint density at radius 2 is 2.19 bits per heavy atom. The van der Waals surface area contributed by atoms with Crippen LogP contribution in [0.15, 0.2) is 23.1 Å². The van der Waals surface area contributed by atoms with Crippen LogP contribution in [0.2, 0.25) is 0 Å². The Labute approximate surface area is 92.2 Å². The van der Waals surface area contributed by atoms with Crippen LogP contribution in [0.5, 0.6) is 0 Å². The first-order valence-electron chi connectivity index (χ1n) is 4.31. The van der Waals surface area contributed by atoms with Gasteiger partial charge in [-0.15, -0.1) is 0 Å². The van der Waals surface area contributed by atoms with Gasteiger partial charge in [0.2, 0.25) is 10.0 Å². The molecule has 1 aromatic rings. The highest BCUT2D eigenvalue weighted by Gasteiger charge is 2.15. The van der Waals surface area contributed by atoms with Crippen LogP contribution in [0, 0.1) is 17.1 Å². The molecule has 0 spiro atoms. The van der Waals surface area contributed by atoms with Gasteiger partial charge in [-0.25, -0.2) is 17.5 Å². The number of hydrogen-bond acceptors (Lipinski definition) is 4. The zero-order chi connectivity index (χ0) is 12.2. The molecule has 0 aliphatic carbocycles. The summed E-state index contributed by atoms with van der Waals surface area (Å²) in [6.45, 7) is -0.479. The molecule has 0 saturated heterocycles. The van der Waals surface area contributed by atoms with E-state index < -0.39 is 15.8 Å². The lowest BCUT2D eigenvalue weighted by Crippen LogP contribution is -2.26. The first kappa shape index (κ1) is 12.6. The van der Waals surface area contributed by atoms with Gasteiger partial charge in [0, 0.05) is 6.54 Å². The Bertz CT molecular complexity index is 522. The van der Waals surface area contributed by atoms with Gasteiger partial charge in [0.15, 0.2) is 0 Å². The lowest BCUT2D eigenvalue weighted by atomic mass is 10.2. The average Bonchev–Trinajstić information content (AvgIpc) is 2.27. The number of rotatable bonds is 4. The van der Waals surface area contributed by atoms with Crippen LogP contribution < -0.4 is 4.72 Å². The van der Waals surface area contributed by atoms with Crippen LogP contribution in [-0.4, -0.2) is 26.7 Å². The molecule has 0 bridgehead atoms. The quantitative estimate of drug-likeness (QED) is 0.778. The second-order valence-corrected chi connectivity index (χ2v) is 4.64. The topological polar surface area (TPSA) is 90.2 Å². The molecule has 0 aliphatic heterocycles. The van der Waals surface area contributed by atoms with Crippen molar-refractivity contribution in [2.24, 2.45) is 0 Å². The van der Waals surface area contributed by atoms with Crippen molar-refractivity contribution in [2.45, 2.75) is 4.90 Å². The predicted molar refractivity (Wildman–Crippen MR) is 53.4 cm³/mol. The van der Waals surface area contributed by atoms with Gasteiger partial charge in [-0.3, -0.25) is 0 Å². The van der Waals surface area contributed by atoms with Crippen molar-refractivity contribution in [3.63, 3.8) is 0 Å². The van der Waals surface area contributed by atoms with E-state index >= 15 is 0 Å². The molecule has 0 aromatic heterocycles. The number of nitriles is 1. The first-order chi connectivity index (χ1) is 7.51. The van der Waals surface area contributed by atoms with Gasteiger partial charge in [0.25, 0.3) is 0 Å². The van der Waals surface area contributed by atoms with Gasteiger partial charge < -0.3 is 5.11 Å². The maximum absolute atomic E-state index is 12.9. The first-order valence-corrected chi connectivity index (χ1v) is 5.80. The van der Waals surface area contributed by atoms with Crippen molar-refractivity contribution in [1.82, 2.24) is 4.72 Å². The largest absolute Gasteiger partial charge is 0.395 e. The molecule has 7 heteroatoms. The molecule has 5 nitrogen and oxygen atoms in total. The van der Waals surface area contributed by atoms with Gasteiger partial charge in [0.05, 0.1) is 17.1 Å². The molecular weight excluding hydrogens is 235 g/mol. The molecule has 0 aliphatic rings. The predicted octanol–water partition coefficient (Wildman–Crippen LogP) is -0.0320. The number of aliphatic hydroxyl groups excluding tert-OH is 1. The summed E-state index contributed by atoms with van der Waals surface area (Å²) in [6.07, 6.45) is 0. The zero-order valence-electron chi connectivity index (χ0n) is 8.14. The molecule has 16 heavy (non-hydrogen) atoms. The van der Waals surface area contributed by atoms with E-state index in [9.17, 15) is 12.8 Å². The Hall–Kier alpha value is -1.49. The zero-order valence-corrected chi connectivity index (χ0v) is 8.96. The number of benzene rings is 1. The highest BCUT2D eigenvalue weighted by molar-refractivity contribution is 7.89. The van der Waals surface area contributed by atoms with E-state index in [2.05, 4.69) is 4.72 Å². The molecular formula is C9H9FN2O3S. The summed E-state index contributed by atoms with van der Waals surface area (Å²) in [6, 6.07) is 4.45. The van der Waals surface area contributed by atoms with Crippen LogP contribution in [0.4, 0.5) is 4.39 Å². The minimum absolute atomic E-state index is 0.137. The fourth-order valence-corrected chi connectivity index (χ4v) is 2.07. The fraction of sp³-hybridized carbons (Fsp3) is 0.222. The Balaban J connectivity index is 3.11. The van der Waals surface area contributed by atoms with Crippen molar-refractivity contribution in [3.8, 4) is 6.07 Å². The van der Waals surface area contributed by atoms with E-state index in [1.165, 1.54) is 0 Å². The number of nitrogens with one attached hydrogen (secondary N) is 1. The van der Waals surface area contributed by atoms with E-state index in [4.69, 9.17) is 10.4 Å². The Kier molecular flexibility index (Phi) is 3.95. The molecule has 0 amide bonds. The standard InChI is InChI=1S/C9H9FN2O3S/c10-9-2-1-8(5-7(9)6-11)16(14,15)12-3-4-13/h1-2,5,12-13H,3-4H2. The molecule has 0 fully saturated rings. The smallest absolute Gasteiger partial charge is 0.240 e. The summed E-state index contributed by atoms with van der Waals surface area (Å²) < 4.78 is 38.1. The summed E-state index contributed by atoms with van der Waals surface area (Å²) >= 11 is 0. The monoisotopic (exact) mass is 244 g/mol. The molecule has 0 atom stereocenters. The summed E-state index contributed by atoms with van der Waals surface area (Å²) in [5.41, 5.74) is -0.341. The van der Waals surface area contributed by atoms with E-state index in [-0.39, 0.29) is 23.6 Å². The molecule has 0 saturated carbocycles. The van der Waals surface area contributed by atoms with Crippen molar-refractivity contribution in [1.29, 1.82) is 5.26 Å². The minimum atomic E-state index is -3.80. The van der Waals surface area contributed by atoms with Gasteiger partial charge in [0.1, 0.15) is 11.9 Å². The molecule has 86 valence electrons. The third-order valence-corrected chi connectivity index (χ3v) is 3.23. The molecule has 1 rings (SSSR count). The van der Waals surface area contributed by atoms with E-state index in [1.54, 1.807) is 6.07 Å². The molecule has 0 radical (unpaired) electrons. The number of sulfonamides is 1.